The normalized spacial score (nSPS) is 15.9. The Morgan fingerprint density at radius 3 is 2.72 bits per heavy atom. The predicted molar refractivity (Wildman–Crippen MR) is 67.5 cm³/mol. The summed E-state index contributed by atoms with van der Waals surface area (Å²) >= 11 is 0. The molecule has 0 aromatic heterocycles. The van der Waals surface area contributed by atoms with Crippen molar-refractivity contribution < 1.29 is 19.0 Å². The van der Waals surface area contributed by atoms with E-state index in [4.69, 9.17) is 14.2 Å². The van der Waals surface area contributed by atoms with Crippen molar-refractivity contribution >= 4 is 5.78 Å². The minimum Gasteiger partial charge on any atom is -0.490 e. The summed E-state index contributed by atoms with van der Waals surface area (Å²) in [5.74, 6) is 1.33. The number of Topliss-reactive ketones (excluding diaryl/α,β-unsaturated/α-hetero) is 1. The highest BCUT2D eigenvalue weighted by molar-refractivity contribution is 6.00. The van der Waals surface area contributed by atoms with Gasteiger partial charge < -0.3 is 14.2 Å². The molecule has 98 valence electrons. The van der Waals surface area contributed by atoms with Crippen molar-refractivity contribution in [3.63, 3.8) is 0 Å². The minimum atomic E-state index is -0.394. The van der Waals surface area contributed by atoms with Crippen LogP contribution in [-0.4, -0.2) is 32.2 Å². The Kier molecular flexibility index (Phi) is 4.20. The van der Waals surface area contributed by atoms with E-state index in [1.165, 1.54) is 0 Å². The van der Waals surface area contributed by atoms with Crippen LogP contribution in [0.2, 0.25) is 0 Å². The number of rotatable bonds is 4. The first-order chi connectivity index (χ1) is 8.76. The largest absolute Gasteiger partial charge is 0.490 e. The molecular weight excluding hydrogens is 232 g/mol. The zero-order chi connectivity index (χ0) is 13.0. The highest BCUT2D eigenvalue weighted by Crippen LogP contribution is 2.31. The molecule has 4 nitrogen and oxygen atoms in total. The van der Waals surface area contributed by atoms with Crippen molar-refractivity contribution in [2.75, 3.05) is 20.3 Å². The lowest BCUT2D eigenvalue weighted by Crippen LogP contribution is -2.22. The second-order valence-electron chi connectivity index (χ2n) is 4.21. The van der Waals surface area contributed by atoms with Gasteiger partial charge in [-0.2, -0.15) is 0 Å². The summed E-state index contributed by atoms with van der Waals surface area (Å²) in [6.07, 6.45) is 1.12. The molecule has 1 aromatic rings. The first-order valence-corrected chi connectivity index (χ1v) is 6.23. The Morgan fingerprint density at radius 2 is 2.06 bits per heavy atom. The molecule has 0 saturated heterocycles. The molecule has 0 saturated carbocycles. The Morgan fingerprint density at radius 1 is 1.33 bits per heavy atom. The summed E-state index contributed by atoms with van der Waals surface area (Å²) < 4.78 is 16.3. The Hall–Kier alpha value is -1.55. The van der Waals surface area contributed by atoms with Crippen LogP contribution in [0.4, 0.5) is 0 Å². The first-order valence-electron chi connectivity index (χ1n) is 6.23. The van der Waals surface area contributed by atoms with E-state index in [-0.39, 0.29) is 5.78 Å². The van der Waals surface area contributed by atoms with E-state index in [0.29, 0.717) is 36.7 Å². The third kappa shape index (κ3) is 2.64. The summed E-state index contributed by atoms with van der Waals surface area (Å²) in [6, 6.07) is 5.29. The van der Waals surface area contributed by atoms with Gasteiger partial charge in [0.2, 0.25) is 0 Å². The van der Waals surface area contributed by atoms with Gasteiger partial charge in [0, 0.05) is 19.1 Å². The molecule has 2 rings (SSSR count). The Bertz CT molecular complexity index is 424. The van der Waals surface area contributed by atoms with Crippen LogP contribution in [0.5, 0.6) is 11.5 Å². The Labute approximate surface area is 107 Å². The molecule has 0 radical (unpaired) electrons. The van der Waals surface area contributed by atoms with Crippen LogP contribution in [0.25, 0.3) is 0 Å². The molecular formula is C14H18O4. The van der Waals surface area contributed by atoms with Crippen molar-refractivity contribution in [2.45, 2.75) is 25.9 Å². The number of fused-ring (bicyclic) bond motifs is 1. The third-order valence-corrected chi connectivity index (χ3v) is 2.98. The maximum Gasteiger partial charge on any atom is 0.191 e. The van der Waals surface area contributed by atoms with Crippen LogP contribution >= 0.6 is 0 Å². The van der Waals surface area contributed by atoms with E-state index in [0.717, 1.165) is 6.42 Å². The molecule has 1 aliphatic rings. The van der Waals surface area contributed by atoms with Crippen LogP contribution in [-0.2, 0) is 4.74 Å². The van der Waals surface area contributed by atoms with E-state index < -0.39 is 6.10 Å². The van der Waals surface area contributed by atoms with Gasteiger partial charge in [0.15, 0.2) is 17.3 Å². The molecule has 0 aliphatic carbocycles. The van der Waals surface area contributed by atoms with Crippen LogP contribution < -0.4 is 9.47 Å². The maximum atomic E-state index is 12.2. The molecule has 1 unspecified atom stereocenters. The van der Waals surface area contributed by atoms with Gasteiger partial charge >= 0.3 is 0 Å². The van der Waals surface area contributed by atoms with E-state index in [1.54, 1.807) is 25.3 Å². The van der Waals surface area contributed by atoms with Gasteiger partial charge in [-0.3, -0.25) is 4.79 Å². The summed E-state index contributed by atoms with van der Waals surface area (Å²) in [5, 5.41) is 0. The highest BCUT2D eigenvalue weighted by atomic mass is 16.5. The number of ether oxygens (including phenoxy) is 3. The quantitative estimate of drug-likeness (QED) is 0.770. The van der Waals surface area contributed by atoms with Crippen LogP contribution in [0.1, 0.15) is 30.1 Å². The number of benzene rings is 1. The fourth-order valence-corrected chi connectivity index (χ4v) is 1.96. The number of hydrogen-bond donors (Lipinski definition) is 0. The average Bonchev–Trinajstić information content (AvgIpc) is 2.64. The summed E-state index contributed by atoms with van der Waals surface area (Å²) in [6.45, 7) is 3.19. The molecule has 0 amide bonds. The minimum absolute atomic E-state index is 0.0179. The smallest absolute Gasteiger partial charge is 0.191 e. The lowest BCUT2D eigenvalue weighted by Gasteiger charge is -2.13. The standard InChI is InChI=1S/C14H18O4/c1-3-11(16-2)14(15)10-5-6-12-13(9-10)18-8-4-7-17-12/h5-6,9,11H,3-4,7-8H2,1-2H3. The van der Waals surface area contributed by atoms with Gasteiger partial charge in [-0.05, 0) is 24.6 Å². The monoisotopic (exact) mass is 250 g/mol. The number of methoxy groups -OCH3 is 1. The van der Waals surface area contributed by atoms with Crippen molar-refractivity contribution in [3.8, 4) is 11.5 Å². The number of ketones is 1. The molecule has 1 heterocycles. The van der Waals surface area contributed by atoms with Gasteiger partial charge in [-0.15, -0.1) is 0 Å². The zero-order valence-electron chi connectivity index (χ0n) is 10.8. The van der Waals surface area contributed by atoms with Gasteiger partial charge in [0.05, 0.1) is 13.2 Å². The second-order valence-corrected chi connectivity index (χ2v) is 4.21. The molecule has 18 heavy (non-hydrogen) atoms. The van der Waals surface area contributed by atoms with Gasteiger partial charge in [0.1, 0.15) is 6.10 Å². The lowest BCUT2D eigenvalue weighted by molar-refractivity contribution is 0.0595. The van der Waals surface area contributed by atoms with Crippen LogP contribution in [0, 0.1) is 0 Å². The molecule has 0 bridgehead atoms. The molecule has 1 aliphatic heterocycles. The SMILES string of the molecule is CCC(OC)C(=O)c1ccc2c(c1)OCCCO2. The van der Waals surface area contributed by atoms with Crippen molar-refractivity contribution in [3.05, 3.63) is 23.8 Å². The topological polar surface area (TPSA) is 44.8 Å². The molecule has 4 heteroatoms. The van der Waals surface area contributed by atoms with E-state index in [2.05, 4.69) is 0 Å². The Balaban J connectivity index is 2.24. The fourth-order valence-electron chi connectivity index (χ4n) is 1.96. The van der Waals surface area contributed by atoms with Crippen LogP contribution in [0.15, 0.2) is 18.2 Å². The van der Waals surface area contributed by atoms with Crippen molar-refractivity contribution in [1.29, 1.82) is 0 Å². The molecule has 0 spiro atoms. The fraction of sp³-hybridized carbons (Fsp3) is 0.500. The lowest BCUT2D eigenvalue weighted by atomic mass is 10.0. The average molecular weight is 250 g/mol. The number of hydrogen-bond acceptors (Lipinski definition) is 4. The zero-order valence-corrected chi connectivity index (χ0v) is 10.8. The first kappa shape index (κ1) is 12.9. The summed E-state index contributed by atoms with van der Waals surface area (Å²) in [5.41, 5.74) is 0.605. The molecule has 1 aromatic carbocycles. The van der Waals surface area contributed by atoms with E-state index in [1.807, 2.05) is 6.92 Å². The molecule has 1 atom stereocenters. The van der Waals surface area contributed by atoms with Gasteiger partial charge in [-0.1, -0.05) is 6.92 Å². The summed E-state index contributed by atoms with van der Waals surface area (Å²) in [4.78, 5) is 12.2. The third-order valence-electron chi connectivity index (χ3n) is 2.98. The van der Waals surface area contributed by atoms with Crippen molar-refractivity contribution in [1.82, 2.24) is 0 Å². The molecule has 0 fully saturated rings. The van der Waals surface area contributed by atoms with Crippen LogP contribution in [0.3, 0.4) is 0 Å². The second kappa shape index (κ2) is 5.87. The van der Waals surface area contributed by atoms with Gasteiger partial charge in [-0.25, -0.2) is 0 Å². The number of carbonyl (C=O) groups excluding carboxylic acids is 1. The maximum absolute atomic E-state index is 12.2. The van der Waals surface area contributed by atoms with Crippen molar-refractivity contribution in [2.24, 2.45) is 0 Å². The van der Waals surface area contributed by atoms with E-state index >= 15 is 0 Å². The highest BCUT2D eigenvalue weighted by Gasteiger charge is 2.20. The van der Waals surface area contributed by atoms with Gasteiger partial charge in [0.25, 0.3) is 0 Å². The summed E-state index contributed by atoms with van der Waals surface area (Å²) in [7, 11) is 1.55. The molecule has 0 N–H and O–H groups in total. The van der Waals surface area contributed by atoms with E-state index in [9.17, 15) is 4.79 Å². The predicted octanol–water partition coefficient (Wildman–Crippen LogP) is 2.46. The number of carbonyl (C=O) groups is 1.